The number of benzene rings is 1. The van der Waals surface area contributed by atoms with E-state index in [1.807, 2.05) is 18.2 Å². The Bertz CT molecular complexity index is 372. The van der Waals surface area contributed by atoms with Gasteiger partial charge in [-0.2, -0.15) is 0 Å². The number of nitrogens with two attached hydrogens (primary N) is 1. The maximum atomic E-state index is 5.58. The quantitative estimate of drug-likeness (QED) is 0.683. The lowest BCUT2D eigenvalue weighted by molar-refractivity contribution is 0.789. The van der Waals surface area contributed by atoms with Crippen molar-refractivity contribution in [1.29, 1.82) is 0 Å². The number of hydrogen-bond acceptors (Lipinski definition) is 4. The smallest absolute Gasteiger partial charge is 0.143 e. The van der Waals surface area contributed by atoms with Crippen LogP contribution < -0.4 is 5.73 Å². The summed E-state index contributed by atoms with van der Waals surface area (Å²) in [6, 6.07) is 7.35. The molecule has 2 rings (SSSR count). The highest BCUT2D eigenvalue weighted by Crippen LogP contribution is 2.08. The number of nitrogen functional groups attached to an aromatic ring is 1. The lowest BCUT2D eigenvalue weighted by atomic mass is 10.3. The molecule has 0 saturated heterocycles. The number of hydrogen-bond donors (Lipinski definition) is 1. The normalized spacial score (nSPS) is 9.23. The number of nitrogens with zero attached hydrogens (tertiary/aromatic N) is 4. The molecule has 2 N–H and O–H groups in total. The Morgan fingerprint density at radius 2 is 2.15 bits per heavy atom. The van der Waals surface area contributed by atoms with Gasteiger partial charge in [0.25, 0.3) is 0 Å². The summed E-state index contributed by atoms with van der Waals surface area (Å²) in [6.07, 6.45) is 1.52. The van der Waals surface area contributed by atoms with Crippen molar-refractivity contribution in [3.8, 4) is 5.69 Å². The summed E-state index contributed by atoms with van der Waals surface area (Å²) < 4.78 is 1.55. The van der Waals surface area contributed by atoms with E-state index < -0.39 is 0 Å². The van der Waals surface area contributed by atoms with Crippen LogP contribution in [-0.4, -0.2) is 20.2 Å². The van der Waals surface area contributed by atoms with Gasteiger partial charge in [0.2, 0.25) is 0 Å². The molecule has 0 aliphatic heterocycles. The molecular formula is C7H8ClN5. The Morgan fingerprint density at radius 1 is 1.31 bits per heavy atom. The van der Waals surface area contributed by atoms with E-state index in [9.17, 15) is 0 Å². The Balaban J connectivity index is 0.000000845. The molecule has 1 heterocycles. The van der Waals surface area contributed by atoms with Gasteiger partial charge in [0.15, 0.2) is 0 Å². The zero-order valence-corrected chi connectivity index (χ0v) is 7.48. The molecule has 6 heteroatoms. The minimum Gasteiger partial charge on any atom is -0.399 e. The van der Waals surface area contributed by atoms with Crippen molar-refractivity contribution in [3.63, 3.8) is 0 Å². The summed E-state index contributed by atoms with van der Waals surface area (Å²) in [4.78, 5) is 0. The highest BCUT2D eigenvalue weighted by atomic mass is 35.5. The topological polar surface area (TPSA) is 69.6 Å². The van der Waals surface area contributed by atoms with Crippen LogP contribution in [0.3, 0.4) is 0 Å². The lowest BCUT2D eigenvalue weighted by Crippen LogP contribution is -1.95. The Kier molecular flexibility index (Phi) is 2.81. The Labute approximate surface area is 81.0 Å². The average molecular weight is 198 g/mol. The fourth-order valence-corrected chi connectivity index (χ4v) is 0.947. The van der Waals surface area contributed by atoms with Crippen molar-refractivity contribution in [2.75, 3.05) is 5.73 Å². The zero-order valence-electron chi connectivity index (χ0n) is 6.66. The van der Waals surface area contributed by atoms with Crippen molar-refractivity contribution in [1.82, 2.24) is 20.2 Å². The summed E-state index contributed by atoms with van der Waals surface area (Å²) in [7, 11) is 0. The molecule has 1 aromatic carbocycles. The third kappa shape index (κ3) is 1.94. The van der Waals surface area contributed by atoms with E-state index >= 15 is 0 Å². The minimum atomic E-state index is 0. The van der Waals surface area contributed by atoms with Gasteiger partial charge in [-0.05, 0) is 28.6 Å². The van der Waals surface area contributed by atoms with Gasteiger partial charge in [-0.15, -0.1) is 17.5 Å². The van der Waals surface area contributed by atoms with Crippen LogP contribution in [0.4, 0.5) is 5.69 Å². The largest absolute Gasteiger partial charge is 0.399 e. The van der Waals surface area contributed by atoms with Gasteiger partial charge in [-0.1, -0.05) is 6.07 Å². The van der Waals surface area contributed by atoms with Gasteiger partial charge in [0.05, 0.1) is 5.69 Å². The predicted octanol–water partition coefficient (Wildman–Crippen LogP) is 0.666. The molecule has 2 aromatic rings. The van der Waals surface area contributed by atoms with Gasteiger partial charge in [0.1, 0.15) is 6.33 Å². The molecule has 0 radical (unpaired) electrons. The first-order valence-electron chi connectivity index (χ1n) is 3.45. The van der Waals surface area contributed by atoms with Gasteiger partial charge < -0.3 is 5.73 Å². The molecule has 0 aliphatic rings. The summed E-state index contributed by atoms with van der Waals surface area (Å²) in [5.41, 5.74) is 7.14. The van der Waals surface area contributed by atoms with Crippen LogP contribution in [0.5, 0.6) is 0 Å². The van der Waals surface area contributed by atoms with Gasteiger partial charge in [0, 0.05) is 5.69 Å². The highest BCUT2D eigenvalue weighted by molar-refractivity contribution is 5.85. The van der Waals surface area contributed by atoms with Crippen molar-refractivity contribution in [3.05, 3.63) is 30.6 Å². The molecule has 0 saturated carbocycles. The second-order valence-corrected chi connectivity index (χ2v) is 2.35. The number of tetrazole rings is 1. The fourth-order valence-electron chi connectivity index (χ4n) is 0.947. The van der Waals surface area contributed by atoms with E-state index in [2.05, 4.69) is 15.5 Å². The third-order valence-corrected chi connectivity index (χ3v) is 1.48. The van der Waals surface area contributed by atoms with E-state index in [4.69, 9.17) is 5.73 Å². The minimum absolute atomic E-state index is 0. The molecule has 13 heavy (non-hydrogen) atoms. The molecule has 68 valence electrons. The first kappa shape index (κ1) is 9.47. The zero-order chi connectivity index (χ0) is 8.39. The monoisotopic (exact) mass is 197 g/mol. The number of anilines is 1. The lowest BCUT2D eigenvalue weighted by Gasteiger charge is -1.98. The van der Waals surface area contributed by atoms with Gasteiger partial charge in [-0.3, -0.25) is 0 Å². The van der Waals surface area contributed by atoms with Crippen molar-refractivity contribution < 1.29 is 0 Å². The first-order chi connectivity index (χ1) is 5.86. The predicted molar refractivity (Wildman–Crippen MR) is 50.8 cm³/mol. The number of halogens is 1. The van der Waals surface area contributed by atoms with Crippen LogP contribution in [0.1, 0.15) is 0 Å². The molecule has 0 spiro atoms. The molecule has 0 bridgehead atoms. The molecular weight excluding hydrogens is 190 g/mol. The van der Waals surface area contributed by atoms with Crippen molar-refractivity contribution >= 4 is 18.1 Å². The molecule has 0 fully saturated rings. The van der Waals surface area contributed by atoms with Crippen LogP contribution >= 0.6 is 12.4 Å². The maximum absolute atomic E-state index is 5.58. The second kappa shape index (κ2) is 3.86. The second-order valence-electron chi connectivity index (χ2n) is 2.35. The first-order valence-corrected chi connectivity index (χ1v) is 3.45. The van der Waals surface area contributed by atoms with Gasteiger partial charge >= 0.3 is 0 Å². The SMILES string of the molecule is Cl.Nc1cccc(-n2cnnn2)c1. The molecule has 1 aromatic heterocycles. The summed E-state index contributed by atoms with van der Waals surface area (Å²) in [6.45, 7) is 0. The van der Waals surface area contributed by atoms with Crippen molar-refractivity contribution in [2.45, 2.75) is 0 Å². The molecule has 0 unspecified atom stereocenters. The van der Waals surface area contributed by atoms with Crippen LogP contribution in [0.15, 0.2) is 30.6 Å². The van der Waals surface area contributed by atoms with Crippen LogP contribution in [-0.2, 0) is 0 Å². The van der Waals surface area contributed by atoms with Crippen LogP contribution in [0.25, 0.3) is 5.69 Å². The van der Waals surface area contributed by atoms with E-state index in [1.165, 1.54) is 6.33 Å². The summed E-state index contributed by atoms with van der Waals surface area (Å²) >= 11 is 0. The fraction of sp³-hybridized carbons (Fsp3) is 0. The van der Waals surface area contributed by atoms with E-state index in [-0.39, 0.29) is 12.4 Å². The third-order valence-electron chi connectivity index (χ3n) is 1.48. The van der Waals surface area contributed by atoms with Crippen LogP contribution in [0, 0.1) is 0 Å². The summed E-state index contributed by atoms with van der Waals surface area (Å²) in [5.74, 6) is 0. The van der Waals surface area contributed by atoms with E-state index in [1.54, 1.807) is 10.7 Å². The van der Waals surface area contributed by atoms with E-state index in [0.717, 1.165) is 5.69 Å². The highest BCUT2D eigenvalue weighted by Gasteiger charge is 1.95. The number of aromatic nitrogens is 4. The van der Waals surface area contributed by atoms with Crippen LogP contribution in [0.2, 0.25) is 0 Å². The Hall–Kier alpha value is -1.62. The standard InChI is InChI=1S/C7H7N5.ClH/c8-6-2-1-3-7(4-6)12-5-9-10-11-12;/h1-5H,8H2;1H. The molecule has 5 nitrogen and oxygen atoms in total. The summed E-state index contributed by atoms with van der Waals surface area (Å²) in [5, 5.41) is 10.8. The Morgan fingerprint density at radius 3 is 2.77 bits per heavy atom. The molecule has 0 amide bonds. The van der Waals surface area contributed by atoms with E-state index in [0.29, 0.717) is 5.69 Å². The maximum Gasteiger partial charge on any atom is 0.143 e. The molecule has 0 atom stereocenters. The average Bonchev–Trinajstić information content (AvgIpc) is 2.56. The number of rotatable bonds is 1. The molecule has 0 aliphatic carbocycles. The van der Waals surface area contributed by atoms with Gasteiger partial charge in [-0.25, -0.2) is 4.68 Å². The van der Waals surface area contributed by atoms with Crippen molar-refractivity contribution in [2.24, 2.45) is 0 Å².